The van der Waals surface area contributed by atoms with Gasteiger partial charge in [-0.15, -0.1) is 0 Å². The number of halogens is 2. The molecule has 0 spiro atoms. The summed E-state index contributed by atoms with van der Waals surface area (Å²) >= 11 is 5.90. The van der Waals surface area contributed by atoms with Crippen LogP contribution >= 0.6 is 11.6 Å². The molecule has 7 heteroatoms. The lowest BCUT2D eigenvalue weighted by atomic mass is 9.99. The zero-order valence-corrected chi connectivity index (χ0v) is 18.4. The number of carbonyl (C=O) groups excluding carboxylic acids is 1. The molecule has 2 amide bonds. The van der Waals surface area contributed by atoms with Gasteiger partial charge in [0.15, 0.2) is 11.6 Å². The standard InChI is InChI=1S/C24H29ClFN3O2/c25-19-7-5-18(6-8-19)17-27-24(30)29-13-9-20(10-14-29)28-15-11-21(12-16-28)31-23-4-2-1-3-22(23)26/h1-8,20-21H,9-17H2,(H,27,30). The molecule has 31 heavy (non-hydrogen) atoms. The second-order valence-electron chi connectivity index (χ2n) is 8.29. The van der Waals surface area contributed by atoms with E-state index in [0.29, 0.717) is 23.4 Å². The van der Waals surface area contributed by atoms with Crippen LogP contribution in [0.1, 0.15) is 31.2 Å². The molecule has 5 nitrogen and oxygen atoms in total. The summed E-state index contributed by atoms with van der Waals surface area (Å²) in [7, 11) is 0. The second-order valence-corrected chi connectivity index (χ2v) is 8.72. The Hall–Kier alpha value is -2.31. The van der Waals surface area contributed by atoms with Crippen molar-refractivity contribution in [1.29, 1.82) is 0 Å². The largest absolute Gasteiger partial charge is 0.487 e. The third-order valence-electron chi connectivity index (χ3n) is 6.23. The molecule has 2 saturated heterocycles. The monoisotopic (exact) mass is 445 g/mol. The van der Waals surface area contributed by atoms with Crippen molar-refractivity contribution in [3.8, 4) is 5.75 Å². The van der Waals surface area contributed by atoms with Crippen molar-refractivity contribution in [3.05, 3.63) is 64.9 Å². The fourth-order valence-corrected chi connectivity index (χ4v) is 4.53. The zero-order chi connectivity index (χ0) is 21.6. The molecule has 2 aromatic rings. The predicted molar refractivity (Wildman–Crippen MR) is 120 cm³/mol. The average Bonchev–Trinajstić information content (AvgIpc) is 2.81. The molecule has 0 saturated carbocycles. The van der Waals surface area contributed by atoms with E-state index in [1.165, 1.54) is 6.07 Å². The number of benzene rings is 2. The van der Waals surface area contributed by atoms with Crippen LogP contribution in [0.15, 0.2) is 48.5 Å². The van der Waals surface area contributed by atoms with Gasteiger partial charge in [0, 0.05) is 43.8 Å². The number of rotatable bonds is 5. The zero-order valence-electron chi connectivity index (χ0n) is 17.6. The number of para-hydroxylation sites is 1. The summed E-state index contributed by atoms with van der Waals surface area (Å²) < 4.78 is 19.7. The summed E-state index contributed by atoms with van der Waals surface area (Å²) in [5.74, 6) is 0.0468. The summed E-state index contributed by atoms with van der Waals surface area (Å²) in [6.45, 7) is 3.94. The van der Waals surface area contributed by atoms with Gasteiger partial charge < -0.3 is 15.0 Å². The number of ether oxygens (including phenoxy) is 1. The van der Waals surface area contributed by atoms with Crippen molar-refractivity contribution < 1.29 is 13.9 Å². The molecule has 2 heterocycles. The summed E-state index contributed by atoms with van der Waals surface area (Å²) in [5, 5.41) is 3.69. The smallest absolute Gasteiger partial charge is 0.317 e. The number of nitrogens with zero attached hydrogens (tertiary/aromatic N) is 2. The number of hydrogen-bond acceptors (Lipinski definition) is 3. The molecule has 2 aromatic carbocycles. The number of piperidine rings is 2. The van der Waals surface area contributed by atoms with Gasteiger partial charge in [-0.2, -0.15) is 0 Å². The van der Waals surface area contributed by atoms with E-state index in [1.54, 1.807) is 18.2 Å². The first-order chi connectivity index (χ1) is 15.1. The lowest BCUT2D eigenvalue weighted by Gasteiger charge is -2.41. The highest BCUT2D eigenvalue weighted by atomic mass is 35.5. The van der Waals surface area contributed by atoms with Gasteiger partial charge in [0.25, 0.3) is 0 Å². The maximum atomic E-state index is 13.8. The van der Waals surface area contributed by atoms with Gasteiger partial charge in [-0.1, -0.05) is 35.9 Å². The third-order valence-corrected chi connectivity index (χ3v) is 6.48. The van der Waals surface area contributed by atoms with Gasteiger partial charge in [0.2, 0.25) is 0 Å². The Labute approximate surface area is 188 Å². The first kappa shape index (κ1) is 21.9. The number of nitrogens with one attached hydrogen (secondary N) is 1. The van der Waals surface area contributed by atoms with Crippen LogP contribution < -0.4 is 10.1 Å². The van der Waals surface area contributed by atoms with Crippen LogP contribution in [0, 0.1) is 5.82 Å². The van der Waals surface area contributed by atoms with Crippen LogP contribution in [0.25, 0.3) is 0 Å². The van der Waals surface area contributed by atoms with Crippen molar-refractivity contribution in [3.63, 3.8) is 0 Å². The van der Waals surface area contributed by atoms with Gasteiger partial charge in [0.1, 0.15) is 6.10 Å². The number of carbonyl (C=O) groups is 1. The van der Waals surface area contributed by atoms with Crippen molar-refractivity contribution >= 4 is 17.6 Å². The Morgan fingerprint density at radius 3 is 2.35 bits per heavy atom. The van der Waals surface area contributed by atoms with E-state index < -0.39 is 0 Å². The van der Waals surface area contributed by atoms with Crippen molar-refractivity contribution in [2.75, 3.05) is 26.2 Å². The summed E-state index contributed by atoms with van der Waals surface area (Å²) in [4.78, 5) is 16.9. The number of hydrogen-bond donors (Lipinski definition) is 1. The van der Waals surface area contributed by atoms with E-state index in [9.17, 15) is 9.18 Å². The van der Waals surface area contributed by atoms with Crippen LogP contribution in [-0.2, 0) is 6.54 Å². The molecule has 0 bridgehead atoms. The number of likely N-dealkylation sites (tertiary alicyclic amines) is 2. The highest BCUT2D eigenvalue weighted by Crippen LogP contribution is 2.25. The molecule has 166 valence electrons. The molecular weight excluding hydrogens is 417 g/mol. The lowest BCUT2D eigenvalue weighted by Crippen LogP contribution is -2.51. The van der Waals surface area contributed by atoms with Gasteiger partial charge >= 0.3 is 6.03 Å². The highest BCUT2D eigenvalue weighted by Gasteiger charge is 2.30. The van der Waals surface area contributed by atoms with Gasteiger partial charge in [0.05, 0.1) is 0 Å². The first-order valence-corrected chi connectivity index (χ1v) is 11.4. The van der Waals surface area contributed by atoms with Gasteiger partial charge in [-0.05, 0) is 55.5 Å². The molecule has 2 fully saturated rings. The van der Waals surface area contributed by atoms with Crippen molar-refractivity contribution in [2.45, 2.75) is 44.4 Å². The topological polar surface area (TPSA) is 44.8 Å². The maximum Gasteiger partial charge on any atom is 0.317 e. The maximum absolute atomic E-state index is 13.8. The Morgan fingerprint density at radius 2 is 1.68 bits per heavy atom. The summed E-state index contributed by atoms with van der Waals surface area (Å²) in [5.41, 5.74) is 1.04. The Morgan fingerprint density at radius 1 is 1.00 bits per heavy atom. The predicted octanol–water partition coefficient (Wildman–Crippen LogP) is 4.70. The second kappa shape index (κ2) is 10.3. The summed E-state index contributed by atoms with van der Waals surface area (Å²) in [6.07, 6.45) is 3.82. The van der Waals surface area contributed by atoms with E-state index in [0.717, 1.165) is 57.4 Å². The van der Waals surface area contributed by atoms with Crippen LogP contribution in [-0.4, -0.2) is 54.2 Å². The molecule has 4 rings (SSSR count). The van der Waals surface area contributed by atoms with Crippen LogP contribution in [0.4, 0.5) is 9.18 Å². The lowest BCUT2D eigenvalue weighted by molar-refractivity contribution is 0.0520. The van der Waals surface area contributed by atoms with E-state index in [1.807, 2.05) is 29.2 Å². The normalized spacial score (nSPS) is 18.7. The van der Waals surface area contributed by atoms with Gasteiger partial charge in [-0.25, -0.2) is 9.18 Å². The summed E-state index contributed by atoms with van der Waals surface area (Å²) in [6, 6.07) is 14.6. The number of amides is 2. The van der Waals surface area contributed by atoms with Crippen molar-refractivity contribution in [1.82, 2.24) is 15.1 Å². The third kappa shape index (κ3) is 5.89. The number of urea groups is 1. The van der Waals surface area contributed by atoms with E-state index >= 15 is 0 Å². The molecule has 0 radical (unpaired) electrons. The van der Waals surface area contributed by atoms with E-state index in [2.05, 4.69) is 10.2 Å². The minimum atomic E-state index is -0.299. The quantitative estimate of drug-likeness (QED) is 0.725. The first-order valence-electron chi connectivity index (χ1n) is 11.0. The van der Waals surface area contributed by atoms with Crippen LogP contribution in [0.5, 0.6) is 5.75 Å². The molecule has 2 aliphatic heterocycles. The Kier molecular flexibility index (Phi) is 7.30. The fraction of sp³-hybridized carbons (Fsp3) is 0.458. The van der Waals surface area contributed by atoms with Gasteiger partial charge in [-0.3, -0.25) is 4.90 Å². The molecule has 0 atom stereocenters. The highest BCUT2D eigenvalue weighted by molar-refractivity contribution is 6.30. The minimum absolute atomic E-state index is 0.00889. The molecular formula is C24H29ClFN3O2. The molecule has 1 N–H and O–H groups in total. The minimum Gasteiger partial charge on any atom is -0.487 e. The Balaban J connectivity index is 1.17. The van der Waals surface area contributed by atoms with E-state index in [-0.39, 0.29) is 18.0 Å². The van der Waals surface area contributed by atoms with Crippen LogP contribution in [0.2, 0.25) is 5.02 Å². The molecule has 0 aromatic heterocycles. The SMILES string of the molecule is O=C(NCc1ccc(Cl)cc1)N1CCC(N2CCC(Oc3ccccc3F)CC2)CC1. The average molecular weight is 446 g/mol. The fourth-order valence-electron chi connectivity index (χ4n) is 4.40. The van der Waals surface area contributed by atoms with Crippen molar-refractivity contribution in [2.24, 2.45) is 0 Å². The van der Waals surface area contributed by atoms with E-state index in [4.69, 9.17) is 16.3 Å². The molecule has 0 aliphatic carbocycles. The molecule has 2 aliphatic rings. The van der Waals surface area contributed by atoms with Crippen LogP contribution in [0.3, 0.4) is 0 Å². The molecule has 0 unspecified atom stereocenters. The Bertz CT molecular complexity index is 863.